The van der Waals surface area contributed by atoms with Crippen LogP contribution < -0.4 is 9.47 Å². The number of aromatic nitrogens is 1. The second-order valence-corrected chi connectivity index (χ2v) is 7.78. The second-order valence-electron chi connectivity index (χ2n) is 7.78. The summed E-state index contributed by atoms with van der Waals surface area (Å²) in [4.78, 5) is 17.3. The topological polar surface area (TPSA) is 48.4 Å². The lowest BCUT2D eigenvalue weighted by atomic mass is 9.88. The summed E-state index contributed by atoms with van der Waals surface area (Å²) in [6, 6.07) is 31.4. The molecule has 170 valence electrons. The maximum atomic E-state index is 13.0. The van der Waals surface area contributed by atoms with Crippen LogP contribution in [0.5, 0.6) is 11.5 Å². The molecule has 3 aromatic carbocycles. The molecule has 0 aliphatic heterocycles. The molecular formula is C30H27NO3. The lowest BCUT2D eigenvalue weighted by Crippen LogP contribution is -2.15. The summed E-state index contributed by atoms with van der Waals surface area (Å²) < 4.78 is 11.6. The van der Waals surface area contributed by atoms with Crippen molar-refractivity contribution in [2.24, 2.45) is 0 Å². The SMILES string of the molecule is CCOc1cc(/C=C/c2ccccn2)ccc1OC(=O)CC(c1ccccc1)c1ccccc1. The van der Waals surface area contributed by atoms with Gasteiger partial charge in [-0.25, -0.2) is 0 Å². The van der Waals surface area contributed by atoms with Crippen LogP contribution >= 0.6 is 0 Å². The molecule has 4 aromatic rings. The Bertz CT molecular complexity index is 1180. The van der Waals surface area contributed by atoms with Gasteiger partial charge in [0.2, 0.25) is 0 Å². The lowest BCUT2D eigenvalue weighted by Gasteiger charge is -2.18. The van der Waals surface area contributed by atoms with Crippen molar-refractivity contribution in [1.82, 2.24) is 4.98 Å². The average Bonchev–Trinajstić information content (AvgIpc) is 2.89. The summed E-state index contributed by atoms with van der Waals surface area (Å²) in [6.07, 6.45) is 5.87. The van der Waals surface area contributed by atoms with E-state index in [1.54, 1.807) is 12.3 Å². The van der Waals surface area contributed by atoms with E-state index in [-0.39, 0.29) is 18.3 Å². The van der Waals surface area contributed by atoms with Crippen LogP contribution in [0.3, 0.4) is 0 Å². The van der Waals surface area contributed by atoms with E-state index in [1.165, 1.54) is 0 Å². The number of benzene rings is 3. The van der Waals surface area contributed by atoms with Gasteiger partial charge >= 0.3 is 5.97 Å². The molecule has 4 rings (SSSR count). The number of ether oxygens (including phenoxy) is 2. The quantitative estimate of drug-likeness (QED) is 0.209. The Morgan fingerprint density at radius 3 is 2.12 bits per heavy atom. The molecule has 0 fully saturated rings. The first-order valence-corrected chi connectivity index (χ1v) is 11.4. The largest absolute Gasteiger partial charge is 0.490 e. The van der Waals surface area contributed by atoms with Crippen LogP contribution in [0, 0.1) is 0 Å². The fourth-order valence-corrected chi connectivity index (χ4v) is 3.77. The van der Waals surface area contributed by atoms with E-state index in [4.69, 9.17) is 9.47 Å². The summed E-state index contributed by atoms with van der Waals surface area (Å²) in [5, 5.41) is 0. The van der Waals surface area contributed by atoms with E-state index in [1.807, 2.05) is 110 Å². The van der Waals surface area contributed by atoms with Crippen LogP contribution in [0.1, 0.15) is 41.6 Å². The van der Waals surface area contributed by atoms with Crippen LogP contribution in [0.25, 0.3) is 12.2 Å². The van der Waals surface area contributed by atoms with E-state index in [0.717, 1.165) is 22.4 Å². The zero-order chi connectivity index (χ0) is 23.6. The van der Waals surface area contributed by atoms with Crippen LogP contribution in [-0.4, -0.2) is 17.6 Å². The Balaban J connectivity index is 1.52. The molecule has 0 saturated heterocycles. The summed E-state index contributed by atoms with van der Waals surface area (Å²) in [6.45, 7) is 2.37. The summed E-state index contributed by atoms with van der Waals surface area (Å²) in [5.74, 6) is 0.554. The third-order valence-corrected chi connectivity index (χ3v) is 5.40. The summed E-state index contributed by atoms with van der Waals surface area (Å²) in [5.41, 5.74) is 3.94. The van der Waals surface area contributed by atoms with E-state index >= 15 is 0 Å². The predicted molar refractivity (Wildman–Crippen MR) is 136 cm³/mol. The molecule has 0 spiro atoms. The van der Waals surface area contributed by atoms with Crippen molar-refractivity contribution in [1.29, 1.82) is 0 Å². The Morgan fingerprint density at radius 2 is 1.50 bits per heavy atom. The fourth-order valence-electron chi connectivity index (χ4n) is 3.77. The molecular weight excluding hydrogens is 422 g/mol. The molecule has 0 N–H and O–H groups in total. The minimum Gasteiger partial charge on any atom is -0.490 e. The minimum absolute atomic E-state index is 0.0916. The van der Waals surface area contributed by atoms with Crippen molar-refractivity contribution >= 4 is 18.1 Å². The monoisotopic (exact) mass is 449 g/mol. The van der Waals surface area contributed by atoms with Crippen LogP contribution in [0.4, 0.5) is 0 Å². The number of nitrogens with zero attached hydrogens (tertiary/aromatic N) is 1. The van der Waals surface area contributed by atoms with Gasteiger partial charge in [-0.3, -0.25) is 9.78 Å². The zero-order valence-corrected chi connectivity index (χ0v) is 19.1. The molecule has 0 bridgehead atoms. The normalized spacial score (nSPS) is 11.0. The molecule has 0 radical (unpaired) electrons. The van der Waals surface area contributed by atoms with Gasteiger partial charge in [-0.2, -0.15) is 0 Å². The molecule has 0 aliphatic carbocycles. The van der Waals surface area contributed by atoms with Gasteiger partial charge in [-0.1, -0.05) is 78.9 Å². The van der Waals surface area contributed by atoms with Crippen molar-refractivity contribution in [2.45, 2.75) is 19.3 Å². The highest BCUT2D eigenvalue weighted by molar-refractivity contribution is 5.76. The molecule has 0 saturated carbocycles. The van der Waals surface area contributed by atoms with Crippen LogP contribution in [0.2, 0.25) is 0 Å². The highest BCUT2D eigenvalue weighted by atomic mass is 16.6. The Morgan fingerprint density at radius 1 is 0.824 bits per heavy atom. The molecule has 0 unspecified atom stereocenters. The second kappa shape index (κ2) is 11.6. The number of carbonyl (C=O) groups excluding carboxylic acids is 1. The highest BCUT2D eigenvalue weighted by Gasteiger charge is 2.20. The summed E-state index contributed by atoms with van der Waals surface area (Å²) >= 11 is 0. The predicted octanol–water partition coefficient (Wildman–Crippen LogP) is 6.78. The van der Waals surface area contributed by atoms with Gasteiger partial charge in [-0.15, -0.1) is 0 Å². The van der Waals surface area contributed by atoms with Crippen molar-refractivity contribution in [3.8, 4) is 11.5 Å². The lowest BCUT2D eigenvalue weighted by molar-refractivity contribution is -0.134. The van der Waals surface area contributed by atoms with Gasteiger partial charge in [-0.05, 0) is 54.0 Å². The van der Waals surface area contributed by atoms with E-state index in [2.05, 4.69) is 4.98 Å². The third kappa shape index (κ3) is 6.20. The van der Waals surface area contributed by atoms with Crippen LogP contribution in [0.15, 0.2) is 103 Å². The Labute approximate surface area is 200 Å². The van der Waals surface area contributed by atoms with Gasteiger partial charge in [0.25, 0.3) is 0 Å². The van der Waals surface area contributed by atoms with Gasteiger partial charge in [0.05, 0.1) is 18.7 Å². The molecule has 4 nitrogen and oxygen atoms in total. The number of esters is 1. The van der Waals surface area contributed by atoms with E-state index < -0.39 is 0 Å². The number of hydrogen-bond acceptors (Lipinski definition) is 4. The van der Waals surface area contributed by atoms with E-state index in [9.17, 15) is 4.79 Å². The standard InChI is InChI=1S/C30H27NO3/c1-2-33-29-21-23(16-18-26-15-9-10-20-31-26)17-19-28(29)34-30(32)22-27(24-11-5-3-6-12-24)25-13-7-4-8-14-25/h3-21,27H,2,22H2,1H3/b18-16+. The number of pyridine rings is 1. The number of hydrogen-bond donors (Lipinski definition) is 0. The molecule has 0 atom stereocenters. The molecule has 0 amide bonds. The van der Waals surface area contributed by atoms with Crippen molar-refractivity contribution in [3.05, 3.63) is 126 Å². The van der Waals surface area contributed by atoms with Crippen molar-refractivity contribution in [3.63, 3.8) is 0 Å². The average molecular weight is 450 g/mol. The first kappa shape index (κ1) is 23.0. The van der Waals surface area contributed by atoms with Gasteiger partial charge in [0.1, 0.15) is 0 Å². The molecule has 1 aromatic heterocycles. The fraction of sp³-hybridized carbons (Fsp3) is 0.133. The first-order chi connectivity index (χ1) is 16.7. The number of carbonyl (C=O) groups is 1. The minimum atomic E-state index is -0.310. The molecule has 4 heteroatoms. The molecule has 34 heavy (non-hydrogen) atoms. The maximum Gasteiger partial charge on any atom is 0.312 e. The van der Waals surface area contributed by atoms with Gasteiger partial charge < -0.3 is 9.47 Å². The van der Waals surface area contributed by atoms with E-state index in [0.29, 0.717) is 18.1 Å². The Hall–Kier alpha value is -4.18. The first-order valence-electron chi connectivity index (χ1n) is 11.4. The summed E-state index contributed by atoms with van der Waals surface area (Å²) in [7, 11) is 0. The molecule has 0 aliphatic rings. The smallest absolute Gasteiger partial charge is 0.312 e. The van der Waals surface area contributed by atoms with Crippen LogP contribution in [-0.2, 0) is 4.79 Å². The zero-order valence-electron chi connectivity index (χ0n) is 19.1. The van der Waals surface area contributed by atoms with Gasteiger partial charge in [0, 0.05) is 12.1 Å². The maximum absolute atomic E-state index is 13.0. The number of rotatable bonds is 9. The Kier molecular flexibility index (Phi) is 7.86. The van der Waals surface area contributed by atoms with Crippen molar-refractivity contribution in [2.75, 3.05) is 6.61 Å². The molecule has 1 heterocycles. The highest BCUT2D eigenvalue weighted by Crippen LogP contribution is 2.32. The third-order valence-electron chi connectivity index (χ3n) is 5.40. The van der Waals surface area contributed by atoms with Gasteiger partial charge in [0.15, 0.2) is 11.5 Å². The van der Waals surface area contributed by atoms with Crippen molar-refractivity contribution < 1.29 is 14.3 Å².